The highest BCUT2D eigenvalue weighted by Gasteiger charge is 2.31. The van der Waals surface area contributed by atoms with E-state index in [1.807, 2.05) is 0 Å². The molecular weight excluding hydrogens is 280 g/mol. The fourth-order valence-corrected chi connectivity index (χ4v) is 3.06. The van der Waals surface area contributed by atoms with E-state index in [0.29, 0.717) is 4.90 Å². The fraction of sp³-hybridized carbons (Fsp3) is 0.300. The number of ether oxygens (including phenoxy) is 2. The second kappa shape index (κ2) is 6.41. The predicted molar refractivity (Wildman–Crippen MR) is 65.0 cm³/mol. The molecule has 0 aliphatic rings. The van der Waals surface area contributed by atoms with Gasteiger partial charge in [-0.1, -0.05) is 11.8 Å². The van der Waals surface area contributed by atoms with Crippen LogP contribution in [0.5, 0.6) is 0 Å². The topological polar surface area (TPSA) is 89.9 Å². The third kappa shape index (κ3) is 3.23. The molecule has 1 N–H and O–H groups in total. The first-order valence-electron chi connectivity index (χ1n) is 4.64. The Hall–Kier alpha value is -1.54. The zero-order valence-corrected chi connectivity index (χ0v) is 11.2. The van der Waals surface area contributed by atoms with Crippen molar-refractivity contribution in [2.45, 2.75) is 10.1 Å². The first-order chi connectivity index (χ1) is 8.51. The molecule has 0 amide bonds. The van der Waals surface area contributed by atoms with Gasteiger partial charge >= 0.3 is 17.9 Å². The molecule has 0 aromatic carbocycles. The van der Waals surface area contributed by atoms with Crippen LogP contribution in [0.25, 0.3) is 0 Å². The maximum absolute atomic E-state index is 11.4. The molecule has 18 heavy (non-hydrogen) atoms. The summed E-state index contributed by atoms with van der Waals surface area (Å²) in [7, 11) is 2.29. The maximum atomic E-state index is 11.4. The molecule has 8 heteroatoms. The fourth-order valence-electron chi connectivity index (χ4n) is 1.08. The maximum Gasteiger partial charge on any atom is 0.347 e. The van der Waals surface area contributed by atoms with Crippen molar-refractivity contribution in [2.24, 2.45) is 0 Å². The Morgan fingerprint density at radius 1 is 1.28 bits per heavy atom. The van der Waals surface area contributed by atoms with Crippen LogP contribution in [0.3, 0.4) is 0 Å². The van der Waals surface area contributed by atoms with E-state index < -0.39 is 23.2 Å². The quantitative estimate of drug-likeness (QED) is 0.496. The van der Waals surface area contributed by atoms with Crippen LogP contribution < -0.4 is 0 Å². The Balaban J connectivity index is 2.96. The summed E-state index contributed by atoms with van der Waals surface area (Å²) in [5.74, 6) is -2.68. The Bertz CT molecular complexity index is 451. The Labute approximate surface area is 111 Å². The number of thiophene rings is 1. The van der Waals surface area contributed by atoms with Gasteiger partial charge < -0.3 is 14.6 Å². The number of rotatable bonds is 5. The Kier molecular flexibility index (Phi) is 5.17. The predicted octanol–water partition coefficient (Wildman–Crippen LogP) is 1.25. The van der Waals surface area contributed by atoms with Crippen molar-refractivity contribution in [1.82, 2.24) is 0 Å². The van der Waals surface area contributed by atoms with Crippen LogP contribution in [0.1, 0.15) is 9.67 Å². The van der Waals surface area contributed by atoms with Gasteiger partial charge in [0.15, 0.2) is 0 Å². The van der Waals surface area contributed by atoms with Crippen LogP contribution in [-0.4, -0.2) is 42.5 Å². The summed E-state index contributed by atoms with van der Waals surface area (Å²) < 4.78 is 8.96. The van der Waals surface area contributed by atoms with Gasteiger partial charge in [0.05, 0.1) is 14.2 Å². The van der Waals surface area contributed by atoms with E-state index in [0.717, 1.165) is 37.3 Å². The van der Waals surface area contributed by atoms with Gasteiger partial charge in [-0.3, -0.25) is 9.59 Å². The molecule has 1 aromatic heterocycles. The number of hydrogen-bond acceptors (Lipinski definition) is 7. The highest BCUT2D eigenvalue weighted by molar-refractivity contribution is 8.01. The number of thioether (sulfide) groups is 1. The van der Waals surface area contributed by atoms with Gasteiger partial charge in [0.1, 0.15) is 4.88 Å². The molecule has 1 rings (SSSR count). The minimum absolute atomic E-state index is 0.0674. The molecule has 1 aromatic rings. The Morgan fingerprint density at radius 3 is 2.28 bits per heavy atom. The molecule has 0 aliphatic heterocycles. The summed E-state index contributed by atoms with van der Waals surface area (Å²) in [5.41, 5.74) is 0. The van der Waals surface area contributed by atoms with E-state index in [2.05, 4.69) is 9.47 Å². The number of esters is 2. The van der Waals surface area contributed by atoms with E-state index in [1.165, 1.54) is 6.07 Å². The van der Waals surface area contributed by atoms with E-state index in [4.69, 9.17) is 5.11 Å². The van der Waals surface area contributed by atoms with Gasteiger partial charge in [0.2, 0.25) is 5.25 Å². The zero-order chi connectivity index (χ0) is 13.7. The van der Waals surface area contributed by atoms with Crippen molar-refractivity contribution in [3.05, 3.63) is 16.3 Å². The van der Waals surface area contributed by atoms with Crippen molar-refractivity contribution < 1.29 is 29.0 Å². The zero-order valence-electron chi connectivity index (χ0n) is 9.54. The lowest BCUT2D eigenvalue weighted by Crippen LogP contribution is -2.29. The van der Waals surface area contributed by atoms with Crippen molar-refractivity contribution >= 4 is 41.0 Å². The summed E-state index contributed by atoms with van der Waals surface area (Å²) in [5, 5.41) is 9.26. The lowest BCUT2D eigenvalue weighted by molar-refractivity contribution is -0.150. The molecule has 0 unspecified atom stereocenters. The molecule has 1 heterocycles. The standard InChI is InChI=1S/C10H10O6S2/c1-15-9(13)7(10(14)16-2)18-5-3-4-17-6(5)8(11)12/h3-4,7H,1-2H3,(H,11,12). The van der Waals surface area contributed by atoms with Gasteiger partial charge in [0.25, 0.3) is 0 Å². The minimum Gasteiger partial charge on any atom is -0.477 e. The summed E-state index contributed by atoms with van der Waals surface area (Å²) >= 11 is 1.81. The largest absolute Gasteiger partial charge is 0.477 e. The molecule has 0 bridgehead atoms. The molecule has 6 nitrogen and oxygen atoms in total. The summed E-state index contributed by atoms with van der Waals surface area (Å²) in [6, 6.07) is 1.53. The number of hydrogen-bond donors (Lipinski definition) is 1. The van der Waals surface area contributed by atoms with Crippen LogP contribution in [0.15, 0.2) is 16.3 Å². The van der Waals surface area contributed by atoms with Crippen LogP contribution in [-0.2, 0) is 19.1 Å². The van der Waals surface area contributed by atoms with E-state index in [9.17, 15) is 14.4 Å². The second-order valence-corrected chi connectivity index (χ2v) is 5.03. The normalized spacial score (nSPS) is 10.2. The van der Waals surface area contributed by atoms with Gasteiger partial charge in [-0.15, -0.1) is 11.3 Å². The highest BCUT2D eigenvalue weighted by atomic mass is 32.2. The number of aromatic carboxylic acids is 1. The minimum atomic E-state index is -1.23. The van der Waals surface area contributed by atoms with Gasteiger partial charge in [0, 0.05) is 4.90 Å². The van der Waals surface area contributed by atoms with Crippen molar-refractivity contribution in [1.29, 1.82) is 0 Å². The summed E-state index contributed by atoms with van der Waals surface area (Å²) in [4.78, 5) is 34.2. The van der Waals surface area contributed by atoms with E-state index in [1.54, 1.807) is 5.38 Å². The van der Waals surface area contributed by atoms with Gasteiger partial charge in [-0.25, -0.2) is 4.79 Å². The average molecular weight is 290 g/mol. The molecule has 0 spiro atoms. The van der Waals surface area contributed by atoms with Crippen LogP contribution >= 0.6 is 23.1 Å². The number of carboxylic acids is 1. The van der Waals surface area contributed by atoms with Crippen molar-refractivity contribution in [3.63, 3.8) is 0 Å². The molecular formula is C10H10O6S2. The third-order valence-electron chi connectivity index (χ3n) is 1.90. The smallest absolute Gasteiger partial charge is 0.347 e. The summed E-state index contributed by atoms with van der Waals surface area (Å²) in [6.07, 6.45) is 0. The summed E-state index contributed by atoms with van der Waals surface area (Å²) in [6.45, 7) is 0. The average Bonchev–Trinajstić information content (AvgIpc) is 2.82. The molecule has 0 aliphatic carbocycles. The monoisotopic (exact) mass is 290 g/mol. The SMILES string of the molecule is COC(=O)C(Sc1ccsc1C(=O)O)C(=O)OC. The van der Waals surface area contributed by atoms with Gasteiger partial charge in [-0.2, -0.15) is 0 Å². The van der Waals surface area contributed by atoms with Gasteiger partial charge in [-0.05, 0) is 11.4 Å². The Morgan fingerprint density at radius 2 is 1.83 bits per heavy atom. The highest BCUT2D eigenvalue weighted by Crippen LogP contribution is 2.31. The molecule has 0 saturated carbocycles. The lowest BCUT2D eigenvalue weighted by Gasteiger charge is -2.11. The van der Waals surface area contributed by atoms with E-state index in [-0.39, 0.29) is 4.88 Å². The van der Waals surface area contributed by atoms with Crippen LogP contribution in [0.4, 0.5) is 0 Å². The molecule has 0 fully saturated rings. The second-order valence-electron chi connectivity index (χ2n) is 2.96. The lowest BCUT2D eigenvalue weighted by atomic mass is 10.4. The molecule has 0 saturated heterocycles. The first-order valence-corrected chi connectivity index (χ1v) is 6.40. The van der Waals surface area contributed by atoms with Crippen LogP contribution in [0, 0.1) is 0 Å². The molecule has 0 atom stereocenters. The molecule has 98 valence electrons. The number of carbonyl (C=O) groups excluding carboxylic acids is 2. The third-order valence-corrected chi connectivity index (χ3v) is 4.15. The number of carbonyl (C=O) groups is 3. The van der Waals surface area contributed by atoms with Crippen molar-refractivity contribution in [3.8, 4) is 0 Å². The van der Waals surface area contributed by atoms with Crippen molar-refractivity contribution in [2.75, 3.05) is 14.2 Å². The van der Waals surface area contributed by atoms with E-state index >= 15 is 0 Å². The van der Waals surface area contributed by atoms with Crippen LogP contribution in [0.2, 0.25) is 0 Å². The number of carboxylic acid groups (broad SMARTS) is 1. The molecule has 0 radical (unpaired) electrons. The first kappa shape index (κ1) is 14.5. The number of methoxy groups -OCH3 is 2.